The third kappa shape index (κ3) is 66.8. The van der Waals surface area contributed by atoms with Crippen LogP contribution in [0.5, 0.6) is 0 Å². The summed E-state index contributed by atoms with van der Waals surface area (Å²) in [6.45, 7) is 6.72. The first kappa shape index (κ1) is 77.2. The average Bonchev–Trinajstić information content (AvgIpc) is 3.45. The molecule has 0 amide bonds. The van der Waals surface area contributed by atoms with E-state index in [1.165, 1.54) is 321 Å². The highest BCUT2D eigenvalue weighted by Gasteiger charge is 2.19. The predicted octanol–water partition coefficient (Wildman–Crippen LogP) is 24.8. The van der Waals surface area contributed by atoms with E-state index in [1.807, 2.05) is 0 Å². The molecule has 0 rings (SSSR count). The van der Waals surface area contributed by atoms with Gasteiger partial charge >= 0.3 is 17.9 Å². The molecule has 468 valence electrons. The molecule has 0 aliphatic rings. The first-order chi connectivity index (χ1) is 39.0. The molecule has 0 radical (unpaired) electrons. The zero-order chi connectivity index (χ0) is 57.1. The lowest BCUT2D eigenvalue weighted by Crippen LogP contribution is -2.30. The molecular weight excluding hydrogens is 973 g/mol. The number of esters is 3. The maximum Gasteiger partial charge on any atom is 0.306 e. The Hall–Kier alpha value is -1.85. The Bertz CT molecular complexity index is 1230. The Morgan fingerprint density at radius 2 is 0.418 bits per heavy atom. The molecule has 6 heteroatoms. The fraction of sp³-hybridized carbons (Fsp3) is 0.932. The van der Waals surface area contributed by atoms with Crippen LogP contribution in [0.4, 0.5) is 0 Å². The summed E-state index contributed by atoms with van der Waals surface area (Å²) >= 11 is 0. The van der Waals surface area contributed by atoms with Gasteiger partial charge in [0, 0.05) is 19.3 Å². The van der Waals surface area contributed by atoms with E-state index < -0.39 is 6.10 Å². The second-order valence-electron chi connectivity index (χ2n) is 24.9. The van der Waals surface area contributed by atoms with E-state index >= 15 is 0 Å². The zero-order valence-electron chi connectivity index (χ0n) is 53.9. The molecule has 0 aromatic heterocycles. The van der Waals surface area contributed by atoms with Crippen LogP contribution in [0.2, 0.25) is 0 Å². The van der Waals surface area contributed by atoms with Gasteiger partial charge in [0.1, 0.15) is 13.2 Å². The van der Waals surface area contributed by atoms with Crippen molar-refractivity contribution >= 4 is 17.9 Å². The average molecular weight is 1110 g/mol. The van der Waals surface area contributed by atoms with E-state index in [4.69, 9.17) is 14.2 Å². The van der Waals surface area contributed by atoms with Gasteiger partial charge in [-0.1, -0.05) is 367 Å². The van der Waals surface area contributed by atoms with E-state index in [0.717, 1.165) is 57.8 Å². The minimum atomic E-state index is -0.765. The maximum atomic E-state index is 12.9. The monoisotopic (exact) mass is 1110 g/mol. The highest BCUT2D eigenvalue weighted by Crippen LogP contribution is 2.19. The van der Waals surface area contributed by atoms with Crippen LogP contribution in [-0.2, 0) is 28.6 Å². The van der Waals surface area contributed by atoms with Crippen molar-refractivity contribution in [2.45, 2.75) is 425 Å². The standard InChI is InChI=1S/C73H140O6/c1-4-7-10-13-16-19-22-24-26-28-30-32-34-36-38-39-41-43-45-47-49-51-54-57-60-63-66-72(75)78-69-70(68-77-71(74)65-62-59-56-53-21-18-15-12-9-6-3)79-73(76)67-64-61-58-55-52-50-48-46-44-42-40-37-35-33-31-29-27-25-23-20-17-14-11-8-5-2/h29,31,70H,4-28,30,32-69H2,1-3H3/b31-29-. The van der Waals surface area contributed by atoms with Crippen molar-refractivity contribution in [3.8, 4) is 0 Å². The third-order valence-electron chi connectivity index (χ3n) is 16.8. The summed E-state index contributed by atoms with van der Waals surface area (Å²) in [5.41, 5.74) is 0. The quantitative estimate of drug-likeness (QED) is 0.0261. The van der Waals surface area contributed by atoms with Crippen LogP contribution < -0.4 is 0 Å². The summed E-state index contributed by atoms with van der Waals surface area (Å²) in [6.07, 6.45) is 82.6. The molecule has 0 spiro atoms. The van der Waals surface area contributed by atoms with Crippen LogP contribution in [0.3, 0.4) is 0 Å². The van der Waals surface area contributed by atoms with Gasteiger partial charge in [-0.25, -0.2) is 0 Å². The van der Waals surface area contributed by atoms with Gasteiger partial charge in [-0.05, 0) is 44.9 Å². The SMILES string of the molecule is CCCCCCCCCC/C=C\CCCCCCCCCCCCCCCC(=O)OC(COC(=O)CCCCCCCCCCCC)COC(=O)CCCCCCCCCCCCCCCCCCCCCCCCCCCC. The maximum absolute atomic E-state index is 12.9. The Labute approximate surface area is 494 Å². The second-order valence-corrected chi connectivity index (χ2v) is 24.9. The Kier molecular flexibility index (Phi) is 67.0. The van der Waals surface area contributed by atoms with Gasteiger partial charge in [0.2, 0.25) is 0 Å². The minimum absolute atomic E-state index is 0.0628. The van der Waals surface area contributed by atoms with Gasteiger partial charge in [0.05, 0.1) is 0 Å². The van der Waals surface area contributed by atoms with Gasteiger partial charge in [-0.3, -0.25) is 14.4 Å². The van der Waals surface area contributed by atoms with Gasteiger partial charge < -0.3 is 14.2 Å². The summed E-state index contributed by atoms with van der Waals surface area (Å²) in [6, 6.07) is 0. The summed E-state index contributed by atoms with van der Waals surface area (Å²) in [7, 11) is 0. The van der Waals surface area contributed by atoms with Crippen molar-refractivity contribution in [2.24, 2.45) is 0 Å². The minimum Gasteiger partial charge on any atom is -0.462 e. The number of allylic oxidation sites excluding steroid dienone is 2. The fourth-order valence-electron chi connectivity index (χ4n) is 11.3. The van der Waals surface area contributed by atoms with Crippen LogP contribution in [0.15, 0.2) is 12.2 Å². The van der Waals surface area contributed by atoms with Crippen LogP contribution in [-0.4, -0.2) is 37.2 Å². The highest BCUT2D eigenvalue weighted by molar-refractivity contribution is 5.71. The molecule has 0 aromatic carbocycles. The van der Waals surface area contributed by atoms with Gasteiger partial charge in [0.25, 0.3) is 0 Å². The smallest absolute Gasteiger partial charge is 0.306 e. The first-order valence-corrected chi connectivity index (χ1v) is 36.2. The van der Waals surface area contributed by atoms with E-state index in [1.54, 1.807) is 0 Å². The number of rotatable bonds is 68. The molecule has 0 bridgehead atoms. The van der Waals surface area contributed by atoms with Gasteiger partial charge in [-0.15, -0.1) is 0 Å². The van der Waals surface area contributed by atoms with Gasteiger partial charge in [-0.2, -0.15) is 0 Å². The molecule has 0 saturated carbocycles. The lowest BCUT2D eigenvalue weighted by molar-refractivity contribution is -0.167. The first-order valence-electron chi connectivity index (χ1n) is 36.2. The number of carbonyl (C=O) groups is 3. The van der Waals surface area contributed by atoms with E-state index in [2.05, 4.69) is 32.9 Å². The lowest BCUT2D eigenvalue weighted by Gasteiger charge is -2.18. The van der Waals surface area contributed by atoms with Crippen LogP contribution in [0, 0.1) is 0 Å². The van der Waals surface area contributed by atoms with E-state index in [0.29, 0.717) is 19.3 Å². The molecule has 6 nitrogen and oxygen atoms in total. The van der Waals surface area contributed by atoms with Crippen LogP contribution in [0.1, 0.15) is 419 Å². The van der Waals surface area contributed by atoms with Gasteiger partial charge in [0.15, 0.2) is 6.10 Å². The molecule has 0 N–H and O–H groups in total. The van der Waals surface area contributed by atoms with Crippen molar-refractivity contribution < 1.29 is 28.6 Å². The van der Waals surface area contributed by atoms with Crippen LogP contribution >= 0.6 is 0 Å². The summed E-state index contributed by atoms with van der Waals surface area (Å²) < 4.78 is 17.0. The predicted molar refractivity (Wildman–Crippen MR) is 344 cm³/mol. The lowest BCUT2D eigenvalue weighted by atomic mass is 10.0. The highest BCUT2D eigenvalue weighted by atomic mass is 16.6. The number of carbonyl (C=O) groups excluding carboxylic acids is 3. The number of unbranched alkanes of at least 4 members (excludes halogenated alkanes) is 55. The van der Waals surface area contributed by atoms with Crippen molar-refractivity contribution in [3.63, 3.8) is 0 Å². The number of hydrogen-bond acceptors (Lipinski definition) is 6. The molecular formula is C73H140O6. The summed E-state index contributed by atoms with van der Waals surface area (Å²) in [4.78, 5) is 38.3. The Morgan fingerprint density at radius 1 is 0.241 bits per heavy atom. The van der Waals surface area contributed by atoms with Crippen molar-refractivity contribution in [1.82, 2.24) is 0 Å². The topological polar surface area (TPSA) is 78.9 Å². The summed E-state index contributed by atoms with van der Waals surface area (Å²) in [5.74, 6) is -0.830. The largest absolute Gasteiger partial charge is 0.462 e. The van der Waals surface area contributed by atoms with E-state index in [-0.39, 0.29) is 31.1 Å². The normalized spacial score (nSPS) is 12.0. The summed E-state index contributed by atoms with van der Waals surface area (Å²) in [5, 5.41) is 0. The Balaban J connectivity index is 4.11. The fourth-order valence-corrected chi connectivity index (χ4v) is 11.3. The molecule has 1 atom stereocenters. The third-order valence-corrected chi connectivity index (χ3v) is 16.8. The zero-order valence-corrected chi connectivity index (χ0v) is 53.9. The Morgan fingerprint density at radius 3 is 0.633 bits per heavy atom. The van der Waals surface area contributed by atoms with Crippen LogP contribution in [0.25, 0.3) is 0 Å². The van der Waals surface area contributed by atoms with Crippen molar-refractivity contribution in [3.05, 3.63) is 12.2 Å². The second kappa shape index (κ2) is 68.6. The van der Waals surface area contributed by atoms with E-state index in [9.17, 15) is 14.4 Å². The molecule has 0 heterocycles. The van der Waals surface area contributed by atoms with Crippen molar-refractivity contribution in [1.29, 1.82) is 0 Å². The molecule has 1 unspecified atom stereocenters. The molecule has 0 aromatic rings. The molecule has 0 aliphatic carbocycles. The van der Waals surface area contributed by atoms with Crippen molar-refractivity contribution in [2.75, 3.05) is 13.2 Å². The molecule has 79 heavy (non-hydrogen) atoms. The molecule has 0 fully saturated rings. The molecule has 0 saturated heterocycles. The number of ether oxygens (including phenoxy) is 3. The molecule has 0 aliphatic heterocycles. The number of hydrogen-bond donors (Lipinski definition) is 0.